The third-order valence-corrected chi connectivity index (χ3v) is 6.33. The Bertz CT molecular complexity index is 191. The van der Waals surface area contributed by atoms with E-state index >= 15 is 0 Å². The van der Waals surface area contributed by atoms with E-state index in [-0.39, 0.29) is 6.61 Å². The Hall–Kier alpha value is 0.0900. The van der Waals surface area contributed by atoms with Crippen molar-refractivity contribution in [2.45, 2.75) is 20.3 Å². The smallest absolute Gasteiger partial charge is 0.0700 e. The predicted molar refractivity (Wildman–Crippen MR) is 53.5 cm³/mol. The van der Waals surface area contributed by atoms with Gasteiger partial charge in [-0.15, -0.1) is 0 Å². The Morgan fingerprint density at radius 3 is 2.67 bits per heavy atom. The van der Waals surface area contributed by atoms with Crippen LogP contribution < -0.4 is 0 Å². The Morgan fingerprint density at radius 2 is 2.33 bits per heavy atom. The van der Waals surface area contributed by atoms with Crippen molar-refractivity contribution >= 4 is 7.49 Å². The summed E-state index contributed by atoms with van der Waals surface area (Å²) in [5, 5.41) is 9.93. The average molecular weight is 189 g/mol. The third kappa shape index (κ3) is 1.87. The molecule has 12 heavy (non-hydrogen) atoms. The zero-order chi connectivity index (χ0) is 9.19. The van der Waals surface area contributed by atoms with Crippen LogP contribution in [-0.4, -0.2) is 28.9 Å². The van der Waals surface area contributed by atoms with Crippen molar-refractivity contribution in [1.29, 1.82) is 0 Å². The highest BCUT2D eigenvalue weighted by Gasteiger charge is 2.35. The van der Waals surface area contributed by atoms with Gasteiger partial charge in [0.05, 0.1) is 6.61 Å². The minimum absolute atomic E-state index is 0.0352. The lowest BCUT2D eigenvalue weighted by Gasteiger charge is -2.27. The van der Waals surface area contributed by atoms with Gasteiger partial charge in [0.15, 0.2) is 0 Å². The molecule has 0 aliphatic carbocycles. The van der Waals surface area contributed by atoms with E-state index in [1.54, 1.807) is 0 Å². The summed E-state index contributed by atoms with van der Waals surface area (Å²) in [4.78, 5) is 10.2. The summed E-state index contributed by atoms with van der Waals surface area (Å²) in [6.45, 7) is 4.10. The first kappa shape index (κ1) is 10.2. The molecule has 2 nitrogen and oxygen atoms in total. The maximum Gasteiger partial charge on any atom is 0.0700 e. The minimum Gasteiger partial charge on any atom is -0.392 e. The molecule has 71 valence electrons. The van der Waals surface area contributed by atoms with Crippen LogP contribution in [0.15, 0.2) is 11.4 Å². The number of aliphatic hydroxyl groups excluding tert-OH is 1. The van der Waals surface area contributed by atoms with Crippen LogP contribution in [-0.2, 0) is 0 Å². The molecule has 1 rings (SSSR count). The van der Waals surface area contributed by atoms with E-state index in [0.29, 0.717) is 5.92 Å². The molecule has 0 aromatic rings. The van der Waals surface area contributed by atoms with Crippen molar-refractivity contribution < 1.29 is 10.00 Å². The van der Waals surface area contributed by atoms with Crippen LogP contribution in [0.4, 0.5) is 0 Å². The van der Waals surface area contributed by atoms with Crippen LogP contribution in [0.5, 0.6) is 0 Å². The van der Waals surface area contributed by atoms with Gasteiger partial charge in [-0.25, -0.2) is 0 Å². The van der Waals surface area contributed by atoms with Crippen LogP contribution >= 0.6 is 7.49 Å². The van der Waals surface area contributed by atoms with Crippen LogP contribution in [0.3, 0.4) is 0 Å². The maximum atomic E-state index is 10.2. The minimum atomic E-state index is -1.88. The van der Waals surface area contributed by atoms with E-state index in [1.807, 2.05) is 13.0 Å². The first-order valence-corrected chi connectivity index (χ1v) is 6.60. The van der Waals surface area contributed by atoms with Gasteiger partial charge < -0.3 is 10.00 Å². The largest absolute Gasteiger partial charge is 0.392 e. The van der Waals surface area contributed by atoms with Crippen molar-refractivity contribution in [3.05, 3.63) is 11.4 Å². The standard InChI is InChI=1S/C9H18O2P/c1-3-9(6-10)12(11)5-4-8(2)7-12/h3,8,10-11H,4-7H2,1-2H3. The van der Waals surface area contributed by atoms with E-state index in [9.17, 15) is 4.89 Å². The second-order valence-corrected chi connectivity index (χ2v) is 6.89. The predicted octanol–water partition coefficient (Wildman–Crippen LogP) is 1.85. The van der Waals surface area contributed by atoms with Gasteiger partial charge in [0.1, 0.15) is 0 Å². The monoisotopic (exact) mass is 189 g/mol. The van der Waals surface area contributed by atoms with Crippen molar-refractivity contribution in [1.82, 2.24) is 0 Å². The molecular formula is C9H18O2P. The lowest BCUT2D eigenvalue weighted by atomic mass is 10.2. The highest BCUT2D eigenvalue weighted by atomic mass is 31.2. The number of hydrogen-bond donors (Lipinski definition) is 2. The molecular weight excluding hydrogens is 171 g/mol. The van der Waals surface area contributed by atoms with Crippen LogP contribution in [0.25, 0.3) is 0 Å². The normalized spacial score (nSPS) is 37.3. The highest BCUT2D eigenvalue weighted by Crippen LogP contribution is 2.67. The fourth-order valence-corrected chi connectivity index (χ4v) is 5.39. The molecule has 1 saturated heterocycles. The van der Waals surface area contributed by atoms with Crippen molar-refractivity contribution in [3.8, 4) is 0 Å². The quantitative estimate of drug-likeness (QED) is 0.651. The molecule has 1 aliphatic rings. The summed E-state index contributed by atoms with van der Waals surface area (Å²) in [5.74, 6) is 0.629. The number of aliphatic hydroxyl groups is 1. The molecule has 1 fully saturated rings. The van der Waals surface area contributed by atoms with E-state index in [0.717, 1.165) is 24.1 Å². The summed E-state index contributed by atoms with van der Waals surface area (Å²) in [5.41, 5.74) is 0. The lowest BCUT2D eigenvalue weighted by Crippen LogP contribution is -2.02. The molecule has 2 N–H and O–H groups in total. The van der Waals surface area contributed by atoms with Gasteiger partial charge in [-0.1, -0.05) is 13.0 Å². The summed E-state index contributed by atoms with van der Waals surface area (Å²) in [6, 6.07) is 0. The summed E-state index contributed by atoms with van der Waals surface area (Å²) in [7, 11) is -1.88. The van der Waals surface area contributed by atoms with Gasteiger partial charge in [0.25, 0.3) is 0 Å². The number of allylic oxidation sites excluding steroid dienone is 1. The van der Waals surface area contributed by atoms with Crippen molar-refractivity contribution in [3.63, 3.8) is 0 Å². The fourth-order valence-electron chi connectivity index (χ4n) is 1.86. The third-order valence-electron chi connectivity index (χ3n) is 2.64. The van der Waals surface area contributed by atoms with E-state index in [2.05, 4.69) is 6.92 Å². The summed E-state index contributed by atoms with van der Waals surface area (Å²) < 4.78 is 0. The summed E-state index contributed by atoms with van der Waals surface area (Å²) >= 11 is 0. The van der Waals surface area contributed by atoms with Crippen molar-refractivity contribution in [2.24, 2.45) is 5.92 Å². The van der Waals surface area contributed by atoms with E-state index in [4.69, 9.17) is 5.11 Å². The van der Waals surface area contributed by atoms with Gasteiger partial charge in [0.2, 0.25) is 0 Å². The number of rotatable bonds is 2. The van der Waals surface area contributed by atoms with Gasteiger partial charge >= 0.3 is 0 Å². The zero-order valence-electron chi connectivity index (χ0n) is 7.82. The molecule has 0 bridgehead atoms. The SMILES string of the molecule is CC=C(CO)[P]1(O)CCC(C)C1. The van der Waals surface area contributed by atoms with Crippen molar-refractivity contribution in [2.75, 3.05) is 18.9 Å². The lowest BCUT2D eigenvalue weighted by molar-refractivity contribution is 0.336. The first-order chi connectivity index (χ1) is 5.62. The maximum absolute atomic E-state index is 10.2. The van der Waals surface area contributed by atoms with Crippen LogP contribution in [0.2, 0.25) is 0 Å². The zero-order valence-corrected chi connectivity index (χ0v) is 8.72. The van der Waals surface area contributed by atoms with E-state index in [1.165, 1.54) is 0 Å². The molecule has 0 saturated carbocycles. The molecule has 0 aromatic carbocycles. The highest BCUT2D eigenvalue weighted by molar-refractivity contribution is 7.74. The first-order valence-electron chi connectivity index (χ1n) is 4.49. The van der Waals surface area contributed by atoms with Gasteiger partial charge in [0, 0.05) is 7.49 Å². The molecule has 2 unspecified atom stereocenters. The van der Waals surface area contributed by atoms with E-state index < -0.39 is 7.49 Å². The molecule has 0 spiro atoms. The topological polar surface area (TPSA) is 40.5 Å². The molecule has 1 aliphatic heterocycles. The molecule has 0 amide bonds. The van der Waals surface area contributed by atoms with Gasteiger partial charge in [-0.3, -0.25) is 0 Å². The van der Waals surface area contributed by atoms with Gasteiger partial charge in [-0.05, 0) is 36.9 Å². The molecule has 2 atom stereocenters. The average Bonchev–Trinajstić information content (AvgIpc) is 2.34. The number of hydrogen-bond acceptors (Lipinski definition) is 2. The molecule has 3 heteroatoms. The Morgan fingerprint density at radius 1 is 1.67 bits per heavy atom. The fraction of sp³-hybridized carbons (Fsp3) is 0.778. The van der Waals surface area contributed by atoms with Gasteiger partial charge in [-0.2, -0.15) is 0 Å². The molecule has 0 aromatic heterocycles. The Labute approximate surface area is 74.7 Å². The summed E-state index contributed by atoms with van der Waals surface area (Å²) in [6.07, 6.45) is 4.81. The second kappa shape index (κ2) is 3.87. The molecule has 1 radical (unpaired) electrons. The Balaban J connectivity index is 2.72. The van der Waals surface area contributed by atoms with Crippen LogP contribution in [0, 0.1) is 5.92 Å². The Kier molecular flexibility index (Phi) is 3.28. The second-order valence-electron chi connectivity index (χ2n) is 3.66. The van der Waals surface area contributed by atoms with Crippen LogP contribution in [0.1, 0.15) is 20.3 Å². The molecule has 1 heterocycles.